The van der Waals surface area contributed by atoms with E-state index in [2.05, 4.69) is 20.9 Å². The molecule has 1 amide bonds. The molecule has 1 aromatic heterocycles. The summed E-state index contributed by atoms with van der Waals surface area (Å²) in [5.74, 6) is 0.341. The lowest BCUT2D eigenvalue weighted by Crippen LogP contribution is -2.27. The molecule has 20 heavy (non-hydrogen) atoms. The van der Waals surface area contributed by atoms with Gasteiger partial charge in [0, 0.05) is 23.4 Å². The third-order valence-electron chi connectivity index (χ3n) is 3.06. The van der Waals surface area contributed by atoms with Crippen molar-refractivity contribution < 1.29 is 9.53 Å². The molecule has 2 rings (SSSR count). The molecule has 0 fully saturated rings. The number of amides is 1. The Labute approximate surface area is 126 Å². The highest BCUT2D eigenvalue weighted by Crippen LogP contribution is 2.26. The molecule has 1 heterocycles. The van der Waals surface area contributed by atoms with Crippen LogP contribution >= 0.6 is 15.9 Å². The van der Waals surface area contributed by atoms with Crippen LogP contribution in [-0.2, 0) is 0 Å². The second kappa shape index (κ2) is 6.05. The van der Waals surface area contributed by atoms with Crippen molar-refractivity contribution in [3.05, 3.63) is 52.3 Å². The summed E-state index contributed by atoms with van der Waals surface area (Å²) in [4.78, 5) is 18.1. The summed E-state index contributed by atoms with van der Waals surface area (Å²) in [6.45, 7) is 1.97. The van der Waals surface area contributed by atoms with E-state index in [0.717, 1.165) is 15.7 Å². The molecule has 0 aliphatic rings. The van der Waals surface area contributed by atoms with E-state index in [1.165, 1.54) is 13.3 Å². The van der Waals surface area contributed by atoms with Crippen molar-refractivity contribution in [2.45, 2.75) is 6.92 Å². The predicted octanol–water partition coefficient (Wildman–Crippen LogP) is 3.44. The zero-order chi connectivity index (χ0) is 14.7. The fourth-order valence-electron chi connectivity index (χ4n) is 2.00. The molecular weight excluding hydrogens is 320 g/mol. The molecule has 2 aromatic rings. The number of aryl methyl sites for hydroxylation is 1. The van der Waals surface area contributed by atoms with E-state index in [4.69, 9.17) is 4.74 Å². The van der Waals surface area contributed by atoms with Gasteiger partial charge in [0.05, 0.1) is 18.9 Å². The SMILES string of the molecule is COc1cnccc1C(=O)N(C)c1ccc(Br)cc1C. The molecular formula is C15H15BrN2O2. The molecule has 0 aliphatic carbocycles. The number of hydrogen-bond acceptors (Lipinski definition) is 3. The Hall–Kier alpha value is -1.88. The third kappa shape index (κ3) is 2.82. The van der Waals surface area contributed by atoms with Gasteiger partial charge in [-0.25, -0.2) is 0 Å². The van der Waals surface area contributed by atoms with Crippen molar-refractivity contribution >= 4 is 27.5 Å². The van der Waals surface area contributed by atoms with Crippen LogP contribution in [0.1, 0.15) is 15.9 Å². The Morgan fingerprint density at radius 3 is 2.75 bits per heavy atom. The lowest BCUT2D eigenvalue weighted by atomic mass is 10.1. The van der Waals surface area contributed by atoms with Gasteiger partial charge in [0.2, 0.25) is 0 Å². The normalized spacial score (nSPS) is 10.2. The minimum absolute atomic E-state index is 0.130. The molecule has 0 radical (unpaired) electrons. The minimum Gasteiger partial charge on any atom is -0.494 e. The highest BCUT2D eigenvalue weighted by atomic mass is 79.9. The lowest BCUT2D eigenvalue weighted by Gasteiger charge is -2.20. The number of ether oxygens (including phenoxy) is 1. The van der Waals surface area contributed by atoms with E-state index >= 15 is 0 Å². The van der Waals surface area contributed by atoms with Crippen LogP contribution in [0.15, 0.2) is 41.1 Å². The maximum Gasteiger partial charge on any atom is 0.261 e. The van der Waals surface area contributed by atoms with Crippen LogP contribution in [0.2, 0.25) is 0 Å². The first-order chi connectivity index (χ1) is 9.54. The van der Waals surface area contributed by atoms with Crippen molar-refractivity contribution in [2.75, 3.05) is 19.1 Å². The zero-order valence-electron chi connectivity index (χ0n) is 11.6. The molecule has 0 N–H and O–H groups in total. The van der Waals surface area contributed by atoms with Gasteiger partial charge in [-0.2, -0.15) is 0 Å². The summed E-state index contributed by atoms with van der Waals surface area (Å²) in [6, 6.07) is 7.45. The highest BCUT2D eigenvalue weighted by molar-refractivity contribution is 9.10. The topological polar surface area (TPSA) is 42.4 Å². The Bertz CT molecular complexity index is 644. The smallest absolute Gasteiger partial charge is 0.261 e. The van der Waals surface area contributed by atoms with Crippen molar-refractivity contribution in [3.8, 4) is 5.75 Å². The number of aromatic nitrogens is 1. The van der Waals surface area contributed by atoms with Crippen LogP contribution in [0.5, 0.6) is 5.75 Å². The summed E-state index contributed by atoms with van der Waals surface area (Å²) >= 11 is 3.42. The average molecular weight is 335 g/mol. The number of hydrogen-bond donors (Lipinski definition) is 0. The number of halogens is 1. The van der Waals surface area contributed by atoms with E-state index in [1.807, 2.05) is 25.1 Å². The second-order valence-corrected chi connectivity index (χ2v) is 5.29. The van der Waals surface area contributed by atoms with Gasteiger partial charge in [0.25, 0.3) is 5.91 Å². The maximum atomic E-state index is 12.6. The highest BCUT2D eigenvalue weighted by Gasteiger charge is 2.19. The first kappa shape index (κ1) is 14.5. The quantitative estimate of drug-likeness (QED) is 0.863. The molecule has 0 spiro atoms. The van der Waals surface area contributed by atoms with Crippen LogP contribution in [0.3, 0.4) is 0 Å². The van der Waals surface area contributed by atoms with Crippen molar-refractivity contribution in [1.82, 2.24) is 4.98 Å². The van der Waals surface area contributed by atoms with Gasteiger partial charge in [-0.3, -0.25) is 9.78 Å². The molecule has 0 aliphatic heterocycles. The molecule has 5 heteroatoms. The van der Waals surface area contributed by atoms with Crippen LogP contribution in [0, 0.1) is 6.92 Å². The molecule has 1 aromatic carbocycles. The number of anilines is 1. The summed E-state index contributed by atoms with van der Waals surface area (Å²) in [6.07, 6.45) is 3.12. The molecule has 0 saturated heterocycles. The number of pyridine rings is 1. The summed E-state index contributed by atoms with van der Waals surface area (Å²) in [7, 11) is 3.27. The van der Waals surface area contributed by atoms with Gasteiger partial charge in [-0.1, -0.05) is 15.9 Å². The number of benzene rings is 1. The van der Waals surface area contributed by atoms with E-state index in [9.17, 15) is 4.79 Å². The Morgan fingerprint density at radius 1 is 1.35 bits per heavy atom. The molecule has 0 bridgehead atoms. The number of methoxy groups -OCH3 is 1. The van der Waals surface area contributed by atoms with Gasteiger partial charge < -0.3 is 9.64 Å². The average Bonchev–Trinajstić information content (AvgIpc) is 2.45. The summed E-state index contributed by atoms with van der Waals surface area (Å²) in [5, 5.41) is 0. The van der Waals surface area contributed by atoms with E-state index in [1.54, 1.807) is 24.2 Å². The largest absolute Gasteiger partial charge is 0.494 e. The van der Waals surface area contributed by atoms with E-state index in [0.29, 0.717) is 11.3 Å². The van der Waals surface area contributed by atoms with Crippen LogP contribution in [0.4, 0.5) is 5.69 Å². The fourth-order valence-corrected chi connectivity index (χ4v) is 2.48. The fraction of sp³-hybridized carbons (Fsp3) is 0.200. The Balaban J connectivity index is 2.37. The first-order valence-corrected chi connectivity index (χ1v) is 6.86. The van der Waals surface area contributed by atoms with Crippen LogP contribution < -0.4 is 9.64 Å². The number of nitrogens with zero attached hydrogens (tertiary/aromatic N) is 2. The van der Waals surface area contributed by atoms with Crippen LogP contribution in [0.25, 0.3) is 0 Å². The molecule has 104 valence electrons. The van der Waals surface area contributed by atoms with Gasteiger partial charge in [0.1, 0.15) is 5.75 Å². The molecule has 0 atom stereocenters. The van der Waals surface area contributed by atoms with Crippen LogP contribution in [-0.4, -0.2) is 25.0 Å². The van der Waals surface area contributed by atoms with Gasteiger partial charge >= 0.3 is 0 Å². The van der Waals surface area contributed by atoms with E-state index in [-0.39, 0.29) is 5.91 Å². The number of carbonyl (C=O) groups excluding carboxylic acids is 1. The summed E-state index contributed by atoms with van der Waals surface area (Å²) < 4.78 is 6.17. The van der Waals surface area contributed by atoms with Gasteiger partial charge in [-0.05, 0) is 36.8 Å². The number of rotatable bonds is 3. The second-order valence-electron chi connectivity index (χ2n) is 4.37. The van der Waals surface area contributed by atoms with E-state index < -0.39 is 0 Å². The number of carbonyl (C=O) groups is 1. The molecule has 0 saturated carbocycles. The van der Waals surface area contributed by atoms with Crippen molar-refractivity contribution in [2.24, 2.45) is 0 Å². The zero-order valence-corrected chi connectivity index (χ0v) is 13.1. The summed E-state index contributed by atoms with van der Waals surface area (Å²) in [5.41, 5.74) is 2.37. The predicted molar refractivity (Wildman–Crippen MR) is 82.4 cm³/mol. The third-order valence-corrected chi connectivity index (χ3v) is 3.55. The Morgan fingerprint density at radius 2 is 2.10 bits per heavy atom. The van der Waals surface area contributed by atoms with Gasteiger partial charge in [-0.15, -0.1) is 0 Å². The van der Waals surface area contributed by atoms with Gasteiger partial charge in [0.15, 0.2) is 0 Å². The molecule has 0 unspecified atom stereocenters. The van der Waals surface area contributed by atoms with Crippen molar-refractivity contribution in [3.63, 3.8) is 0 Å². The maximum absolute atomic E-state index is 12.6. The minimum atomic E-state index is -0.130. The monoisotopic (exact) mass is 334 g/mol. The standard InChI is InChI=1S/C15H15BrN2O2/c1-10-8-11(16)4-5-13(10)18(2)15(19)12-6-7-17-9-14(12)20-3/h4-9H,1-3H3. The first-order valence-electron chi connectivity index (χ1n) is 6.07. The molecule has 4 nitrogen and oxygen atoms in total. The lowest BCUT2D eigenvalue weighted by molar-refractivity contribution is 0.0990. The van der Waals surface area contributed by atoms with Crippen molar-refractivity contribution in [1.29, 1.82) is 0 Å². The Kier molecular flexibility index (Phi) is 4.39.